The van der Waals surface area contributed by atoms with Gasteiger partial charge in [-0.25, -0.2) is 8.78 Å². The molecule has 0 N–H and O–H groups in total. The maximum absolute atomic E-state index is 15.3. The summed E-state index contributed by atoms with van der Waals surface area (Å²) >= 11 is 6.09. The fourth-order valence-corrected chi connectivity index (χ4v) is 7.65. The van der Waals surface area contributed by atoms with Gasteiger partial charge in [0.15, 0.2) is 0 Å². The van der Waals surface area contributed by atoms with E-state index in [-0.39, 0.29) is 35.9 Å². The number of hydrogen-bond acceptors (Lipinski definition) is 6. The maximum Gasteiger partial charge on any atom is 0.324 e. The highest BCUT2D eigenvalue weighted by atomic mass is 35.5. The molecule has 3 heterocycles. The molecule has 3 fully saturated rings. The quantitative estimate of drug-likeness (QED) is 0.344. The summed E-state index contributed by atoms with van der Waals surface area (Å²) in [5.74, 6) is -1.85. The van der Waals surface area contributed by atoms with Crippen LogP contribution in [0.15, 0.2) is 30.3 Å². The van der Waals surface area contributed by atoms with Gasteiger partial charge in [-0.2, -0.15) is 0 Å². The van der Waals surface area contributed by atoms with Gasteiger partial charge in [-0.05, 0) is 94.8 Å². The molecule has 2 aromatic carbocycles. The Morgan fingerprint density at radius 1 is 1.02 bits per heavy atom. The van der Waals surface area contributed by atoms with Gasteiger partial charge in [0.1, 0.15) is 23.3 Å². The summed E-state index contributed by atoms with van der Waals surface area (Å²) in [5, 5.41) is 0.327. The average molecular weight is 660 g/mol. The van der Waals surface area contributed by atoms with Crippen molar-refractivity contribution >= 4 is 23.5 Å². The number of amides is 1. The van der Waals surface area contributed by atoms with Crippen LogP contribution < -0.4 is 0 Å². The van der Waals surface area contributed by atoms with E-state index in [1.165, 1.54) is 12.1 Å². The lowest BCUT2D eigenvalue weighted by Gasteiger charge is -2.44. The van der Waals surface area contributed by atoms with Crippen LogP contribution in [-0.2, 0) is 25.5 Å². The Kier molecular flexibility index (Phi) is 10.8. The van der Waals surface area contributed by atoms with Crippen molar-refractivity contribution in [1.82, 2.24) is 14.7 Å². The fourth-order valence-electron chi connectivity index (χ4n) is 7.49. The van der Waals surface area contributed by atoms with Crippen LogP contribution >= 0.6 is 11.6 Å². The van der Waals surface area contributed by atoms with Crippen molar-refractivity contribution < 1.29 is 27.8 Å². The molecule has 0 saturated carbocycles. The second kappa shape index (κ2) is 14.3. The molecule has 46 heavy (non-hydrogen) atoms. The number of hydrogen-bond donors (Lipinski definition) is 0. The Bertz CT molecular complexity index is 1400. The SMILES string of the molecule is Cc1cc(C)c(C[C@@H](C(=O)OC(C)(C)C)N2CCN(C(=O)[C@@H]3CN(C4CCOCC4)C[C@H]3c3ccc(Cl)cc3F)[C@@H](C)C2)c(F)c1. The van der Waals surface area contributed by atoms with E-state index in [1.807, 2.05) is 57.4 Å². The Morgan fingerprint density at radius 3 is 2.37 bits per heavy atom. The molecule has 3 aliphatic rings. The summed E-state index contributed by atoms with van der Waals surface area (Å²) in [6, 6.07) is 7.52. The van der Waals surface area contributed by atoms with Gasteiger partial charge in [0.2, 0.25) is 5.91 Å². The third-order valence-electron chi connectivity index (χ3n) is 9.76. The zero-order valence-electron chi connectivity index (χ0n) is 28.0. The van der Waals surface area contributed by atoms with Crippen molar-refractivity contribution in [3.05, 3.63) is 69.2 Å². The van der Waals surface area contributed by atoms with E-state index in [0.29, 0.717) is 68.1 Å². The smallest absolute Gasteiger partial charge is 0.324 e. The first-order valence-corrected chi connectivity index (χ1v) is 16.9. The van der Waals surface area contributed by atoms with Crippen LogP contribution in [0.3, 0.4) is 0 Å². The number of rotatable bonds is 7. The zero-order valence-corrected chi connectivity index (χ0v) is 28.7. The fraction of sp³-hybridized carbons (Fsp3) is 0.611. The van der Waals surface area contributed by atoms with Crippen LogP contribution in [0.2, 0.25) is 5.02 Å². The van der Waals surface area contributed by atoms with E-state index in [2.05, 4.69) is 4.90 Å². The summed E-state index contributed by atoms with van der Waals surface area (Å²) in [5.41, 5.74) is 1.93. The van der Waals surface area contributed by atoms with Crippen molar-refractivity contribution in [2.24, 2.45) is 5.92 Å². The molecule has 252 valence electrons. The molecule has 0 aliphatic carbocycles. The van der Waals surface area contributed by atoms with Gasteiger partial charge in [-0.3, -0.25) is 19.4 Å². The molecule has 0 bridgehead atoms. The first kappa shape index (κ1) is 34.7. The summed E-state index contributed by atoms with van der Waals surface area (Å²) in [7, 11) is 0. The van der Waals surface area contributed by atoms with E-state index in [9.17, 15) is 9.59 Å². The maximum atomic E-state index is 15.3. The summed E-state index contributed by atoms with van der Waals surface area (Å²) in [6.45, 7) is 14.9. The van der Waals surface area contributed by atoms with Crippen LogP contribution in [0.25, 0.3) is 0 Å². The highest BCUT2D eigenvalue weighted by molar-refractivity contribution is 6.30. The molecular formula is C36H48ClF2N3O4. The topological polar surface area (TPSA) is 62.3 Å². The van der Waals surface area contributed by atoms with Crippen molar-refractivity contribution in [3.8, 4) is 0 Å². The van der Waals surface area contributed by atoms with Gasteiger partial charge in [-0.15, -0.1) is 0 Å². The molecule has 4 atom stereocenters. The minimum absolute atomic E-state index is 0.00435. The lowest BCUT2D eigenvalue weighted by atomic mass is 9.87. The van der Waals surface area contributed by atoms with E-state index >= 15 is 8.78 Å². The van der Waals surface area contributed by atoms with Crippen LogP contribution in [0, 0.1) is 31.4 Å². The lowest BCUT2D eigenvalue weighted by Crippen LogP contribution is -2.60. The van der Waals surface area contributed by atoms with Crippen LogP contribution in [0.5, 0.6) is 0 Å². The van der Waals surface area contributed by atoms with Gasteiger partial charge in [-0.1, -0.05) is 23.7 Å². The van der Waals surface area contributed by atoms with Gasteiger partial charge in [0, 0.05) is 75.4 Å². The summed E-state index contributed by atoms with van der Waals surface area (Å²) < 4.78 is 41.9. The Balaban J connectivity index is 1.36. The Labute approximate surface area is 277 Å². The number of halogens is 3. The van der Waals surface area contributed by atoms with Crippen LogP contribution in [0.1, 0.15) is 68.7 Å². The Morgan fingerprint density at radius 2 is 1.74 bits per heavy atom. The summed E-state index contributed by atoms with van der Waals surface area (Å²) in [4.78, 5) is 34.2. The molecule has 5 rings (SSSR count). The number of benzene rings is 2. The number of piperazine rings is 1. The molecule has 0 aromatic heterocycles. The van der Waals surface area contributed by atoms with Crippen LogP contribution in [0.4, 0.5) is 8.78 Å². The first-order valence-electron chi connectivity index (χ1n) is 16.5. The monoisotopic (exact) mass is 659 g/mol. The number of aryl methyl sites for hydroxylation is 2. The molecule has 2 aromatic rings. The third kappa shape index (κ3) is 7.92. The second-order valence-corrected chi connectivity index (χ2v) is 14.8. The highest BCUT2D eigenvalue weighted by Crippen LogP contribution is 2.39. The van der Waals surface area contributed by atoms with Crippen LogP contribution in [-0.4, -0.2) is 96.2 Å². The van der Waals surface area contributed by atoms with Gasteiger partial charge >= 0.3 is 5.97 Å². The molecule has 10 heteroatoms. The van der Waals surface area contributed by atoms with Gasteiger partial charge < -0.3 is 14.4 Å². The molecule has 0 radical (unpaired) electrons. The predicted octanol–water partition coefficient (Wildman–Crippen LogP) is 5.92. The zero-order chi connectivity index (χ0) is 33.3. The van der Waals surface area contributed by atoms with Gasteiger partial charge in [0.25, 0.3) is 0 Å². The number of ether oxygens (including phenoxy) is 2. The third-order valence-corrected chi connectivity index (χ3v) is 9.99. The van der Waals surface area contributed by atoms with Crippen molar-refractivity contribution in [1.29, 1.82) is 0 Å². The molecule has 1 amide bonds. The largest absolute Gasteiger partial charge is 0.459 e. The number of nitrogens with zero attached hydrogens (tertiary/aromatic N) is 3. The van der Waals surface area contributed by atoms with Crippen molar-refractivity contribution in [3.63, 3.8) is 0 Å². The first-order chi connectivity index (χ1) is 21.7. The average Bonchev–Trinajstić information content (AvgIpc) is 3.41. The minimum Gasteiger partial charge on any atom is -0.459 e. The van der Waals surface area contributed by atoms with Crippen molar-refractivity contribution in [2.45, 2.75) is 90.4 Å². The minimum atomic E-state index is -0.707. The predicted molar refractivity (Wildman–Crippen MR) is 175 cm³/mol. The number of likely N-dealkylation sites (tertiary alicyclic amines) is 1. The van der Waals surface area contributed by atoms with E-state index in [4.69, 9.17) is 21.1 Å². The van der Waals surface area contributed by atoms with Crippen molar-refractivity contribution in [2.75, 3.05) is 45.9 Å². The number of carbonyl (C=O) groups excluding carboxylic acids is 2. The molecule has 0 spiro atoms. The molecule has 7 nitrogen and oxygen atoms in total. The molecule has 3 saturated heterocycles. The molecular weight excluding hydrogens is 612 g/mol. The normalized spacial score (nSPS) is 24.3. The standard InChI is InChI=1S/C36H48ClF2N3O4/c1-22-15-23(2)28(31(38)16-22)18-33(35(44)46-36(4,5)6)40-11-12-42(24(3)19-40)34(43)30-21-41(26-9-13-45-14-10-26)20-29(30)27-8-7-25(37)17-32(27)39/h7-8,15-17,24,26,29-30,33H,9-14,18-21H2,1-6H3/t24-,29-,30+,33-/m0/s1. The second-order valence-electron chi connectivity index (χ2n) is 14.3. The summed E-state index contributed by atoms with van der Waals surface area (Å²) in [6.07, 6.45) is 1.95. The van der Waals surface area contributed by atoms with E-state index in [0.717, 1.165) is 24.0 Å². The van der Waals surface area contributed by atoms with Gasteiger partial charge in [0.05, 0.1) is 5.92 Å². The molecule has 3 aliphatic heterocycles. The lowest BCUT2D eigenvalue weighted by molar-refractivity contribution is -0.163. The van der Waals surface area contributed by atoms with E-state index < -0.39 is 23.5 Å². The Hall–Kier alpha value is -2.59. The van der Waals surface area contributed by atoms with E-state index in [1.54, 1.807) is 12.1 Å². The number of carbonyl (C=O) groups is 2. The highest BCUT2D eigenvalue weighted by Gasteiger charge is 2.46. The molecule has 0 unspecified atom stereocenters. The number of esters is 1.